The molecule has 5 rings (SSSR count). The number of methoxy groups -OCH3 is 1. The first-order valence-electron chi connectivity index (χ1n) is 10.2. The zero-order valence-electron chi connectivity index (χ0n) is 17.1. The van der Waals surface area contributed by atoms with Crippen molar-refractivity contribution in [2.45, 2.75) is 25.8 Å². The lowest BCUT2D eigenvalue weighted by Gasteiger charge is -2.23. The smallest absolute Gasteiger partial charge is 0.165 e. The van der Waals surface area contributed by atoms with E-state index in [4.69, 9.17) is 9.72 Å². The van der Waals surface area contributed by atoms with Gasteiger partial charge in [0.1, 0.15) is 5.82 Å². The number of fused-ring (bicyclic) bond motifs is 5. The number of pyridine rings is 1. The minimum absolute atomic E-state index is 0.0798. The number of hydrogen-bond acceptors (Lipinski definition) is 4. The van der Waals surface area contributed by atoms with Crippen molar-refractivity contribution in [2.75, 3.05) is 25.2 Å². The van der Waals surface area contributed by atoms with Gasteiger partial charge in [0.05, 0.1) is 24.9 Å². The molecule has 2 N–H and O–H groups in total. The summed E-state index contributed by atoms with van der Waals surface area (Å²) < 4.78 is 19.3. The number of anilines is 1. The fourth-order valence-electron chi connectivity index (χ4n) is 4.66. The predicted octanol–water partition coefficient (Wildman–Crippen LogP) is 4.20. The van der Waals surface area contributed by atoms with Gasteiger partial charge in [-0.25, -0.2) is 9.37 Å². The third-order valence-electron chi connectivity index (χ3n) is 6.04. The van der Waals surface area contributed by atoms with E-state index < -0.39 is 0 Å². The topological polar surface area (TPSA) is 61.4 Å². The second-order valence-corrected chi connectivity index (χ2v) is 7.90. The minimum atomic E-state index is -0.375. The maximum Gasteiger partial charge on any atom is 0.165 e. The first-order valence-corrected chi connectivity index (χ1v) is 10.2. The van der Waals surface area contributed by atoms with Gasteiger partial charge < -0.3 is 19.7 Å². The summed E-state index contributed by atoms with van der Waals surface area (Å²) in [4.78, 5) is 10.7. The number of β-amino-alcohol motifs (C(OH)–C–C–N with tert-alkyl or cyclic N) is 1. The molecule has 0 amide bonds. The molecule has 1 aliphatic heterocycles. The van der Waals surface area contributed by atoms with Crippen molar-refractivity contribution in [2.24, 2.45) is 0 Å². The number of aromatic amines is 1. The zero-order valence-corrected chi connectivity index (χ0v) is 17.1. The summed E-state index contributed by atoms with van der Waals surface area (Å²) >= 11 is 0. The molecule has 5 nitrogen and oxygen atoms in total. The van der Waals surface area contributed by atoms with Gasteiger partial charge in [-0.05, 0) is 37.1 Å². The lowest BCUT2D eigenvalue weighted by molar-refractivity contribution is 0.299. The number of aliphatic hydroxyl groups excluding tert-OH is 1. The number of aliphatic hydroxyl groups is 1. The predicted molar refractivity (Wildman–Crippen MR) is 117 cm³/mol. The largest absolute Gasteiger partial charge is 0.494 e. The molecule has 1 aliphatic rings. The van der Waals surface area contributed by atoms with Crippen LogP contribution in [0, 0.1) is 5.82 Å². The number of nitrogens with one attached hydrogen (secondary N) is 1. The highest BCUT2D eigenvalue weighted by atomic mass is 19.1. The Hall–Kier alpha value is -3.12. The van der Waals surface area contributed by atoms with Gasteiger partial charge in [0, 0.05) is 40.9 Å². The molecule has 2 aromatic carbocycles. The van der Waals surface area contributed by atoms with Crippen molar-refractivity contribution in [3.05, 3.63) is 65.1 Å². The van der Waals surface area contributed by atoms with Gasteiger partial charge in [0.2, 0.25) is 0 Å². The van der Waals surface area contributed by atoms with Gasteiger partial charge in [-0.3, -0.25) is 0 Å². The number of aromatic nitrogens is 2. The fourth-order valence-corrected chi connectivity index (χ4v) is 4.66. The lowest BCUT2D eigenvalue weighted by Crippen LogP contribution is -2.32. The Morgan fingerprint density at radius 3 is 2.87 bits per heavy atom. The van der Waals surface area contributed by atoms with E-state index >= 15 is 0 Å². The Morgan fingerprint density at radius 2 is 2.10 bits per heavy atom. The van der Waals surface area contributed by atoms with Crippen LogP contribution in [0.3, 0.4) is 0 Å². The first-order chi connectivity index (χ1) is 14.6. The van der Waals surface area contributed by atoms with Gasteiger partial charge in [0.25, 0.3) is 0 Å². The number of nitrogens with zero attached hydrogens (tertiary/aromatic N) is 2. The van der Waals surface area contributed by atoms with Crippen molar-refractivity contribution < 1.29 is 14.2 Å². The maximum atomic E-state index is 14.3. The summed E-state index contributed by atoms with van der Waals surface area (Å²) in [5.41, 5.74) is 5.00. The lowest BCUT2D eigenvalue weighted by atomic mass is 10.0. The van der Waals surface area contributed by atoms with E-state index in [2.05, 4.69) is 28.9 Å². The van der Waals surface area contributed by atoms with E-state index in [1.807, 2.05) is 18.2 Å². The monoisotopic (exact) mass is 405 g/mol. The average Bonchev–Trinajstić information content (AvgIpc) is 3.27. The quantitative estimate of drug-likeness (QED) is 0.523. The van der Waals surface area contributed by atoms with Crippen molar-refractivity contribution in [1.82, 2.24) is 9.97 Å². The van der Waals surface area contributed by atoms with Crippen molar-refractivity contribution in [1.29, 1.82) is 0 Å². The highest BCUT2D eigenvalue weighted by Gasteiger charge is 2.31. The van der Waals surface area contributed by atoms with Crippen molar-refractivity contribution in [3.8, 4) is 5.75 Å². The van der Waals surface area contributed by atoms with Gasteiger partial charge in [-0.2, -0.15) is 0 Å². The van der Waals surface area contributed by atoms with Crippen LogP contribution in [-0.2, 0) is 12.8 Å². The summed E-state index contributed by atoms with van der Waals surface area (Å²) in [5.74, 6) is 0.789. The van der Waals surface area contributed by atoms with Crippen LogP contribution < -0.4 is 9.64 Å². The van der Waals surface area contributed by atoms with Crippen LogP contribution in [0.25, 0.3) is 21.8 Å². The Morgan fingerprint density at radius 1 is 1.27 bits per heavy atom. The second kappa shape index (κ2) is 7.29. The summed E-state index contributed by atoms with van der Waals surface area (Å²) in [6.07, 6.45) is 1.39. The number of ether oxygens (including phenoxy) is 1. The third kappa shape index (κ3) is 2.91. The number of halogens is 1. The normalized spacial score (nSPS) is 15.9. The van der Waals surface area contributed by atoms with E-state index in [0.717, 1.165) is 34.5 Å². The molecule has 0 saturated carbocycles. The Kier molecular flexibility index (Phi) is 4.59. The number of H-pyrrole nitrogens is 1. The number of benzene rings is 2. The second-order valence-electron chi connectivity index (χ2n) is 7.90. The van der Waals surface area contributed by atoms with Crippen LogP contribution in [-0.4, -0.2) is 41.4 Å². The van der Waals surface area contributed by atoms with Gasteiger partial charge in [-0.15, -0.1) is 0 Å². The molecular weight excluding hydrogens is 381 g/mol. The van der Waals surface area contributed by atoms with Gasteiger partial charge >= 0.3 is 0 Å². The van der Waals surface area contributed by atoms with Crippen LogP contribution in [0.4, 0.5) is 10.2 Å². The molecule has 1 atom stereocenters. The van der Waals surface area contributed by atoms with E-state index in [1.54, 1.807) is 6.07 Å². The fraction of sp³-hybridized carbons (Fsp3) is 0.292. The van der Waals surface area contributed by atoms with E-state index in [1.165, 1.54) is 29.5 Å². The standard InChI is InChI=1S/C24H24FN3O2/c1-14-11-17-22-16-5-3-4-6-19(16)26-23(22)20(27-24(17)28(14)9-10-29)13-15-7-8-21(30-2)18(25)12-15/h3-8,12,14,26,29H,9-11,13H2,1-2H3. The molecule has 0 spiro atoms. The van der Waals surface area contributed by atoms with Crippen LogP contribution >= 0.6 is 0 Å². The van der Waals surface area contributed by atoms with E-state index in [-0.39, 0.29) is 24.2 Å². The molecule has 6 heteroatoms. The summed E-state index contributed by atoms with van der Waals surface area (Å²) in [6.45, 7) is 2.79. The molecule has 1 unspecified atom stereocenters. The number of hydrogen-bond donors (Lipinski definition) is 2. The van der Waals surface area contributed by atoms with Crippen molar-refractivity contribution >= 4 is 27.6 Å². The molecule has 30 heavy (non-hydrogen) atoms. The average molecular weight is 405 g/mol. The number of rotatable bonds is 5. The zero-order chi connectivity index (χ0) is 20.8. The van der Waals surface area contributed by atoms with Crippen LogP contribution in [0.15, 0.2) is 42.5 Å². The Labute approximate surface area is 174 Å². The highest BCUT2D eigenvalue weighted by molar-refractivity contribution is 6.11. The molecule has 0 radical (unpaired) electrons. The van der Waals surface area contributed by atoms with Crippen LogP contribution in [0.2, 0.25) is 0 Å². The minimum Gasteiger partial charge on any atom is -0.494 e. The summed E-state index contributed by atoms with van der Waals surface area (Å²) in [7, 11) is 1.46. The SMILES string of the molecule is COc1ccc(Cc2nc3c(c4c2[nH]c2ccccc24)CC(C)N3CCO)cc1F. The van der Waals surface area contributed by atoms with Gasteiger partial charge in [-0.1, -0.05) is 24.3 Å². The molecule has 0 fully saturated rings. The molecular formula is C24H24FN3O2. The molecule has 2 aromatic heterocycles. The maximum absolute atomic E-state index is 14.3. The van der Waals surface area contributed by atoms with Crippen LogP contribution in [0.5, 0.6) is 5.75 Å². The molecule has 0 saturated heterocycles. The Bertz CT molecular complexity index is 1250. The Balaban J connectivity index is 1.72. The molecule has 0 aliphatic carbocycles. The molecule has 4 aromatic rings. The molecule has 3 heterocycles. The van der Waals surface area contributed by atoms with Gasteiger partial charge in [0.15, 0.2) is 11.6 Å². The van der Waals surface area contributed by atoms with Crippen LogP contribution in [0.1, 0.15) is 23.7 Å². The van der Waals surface area contributed by atoms with Crippen molar-refractivity contribution in [3.63, 3.8) is 0 Å². The summed E-state index contributed by atoms with van der Waals surface area (Å²) in [5, 5.41) is 11.9. The highest BCUT2D eigenvalue weighted by Crippen LogP contribution is 2.40. The third-order valence-corrected chi connectivity index (χ3v) is 6.04. The summed E-state index contributed by atoms with van der Waals surface area (Å²) in [6, 6.07) is 13.6. The first kappa shape index (κ1) is 18.9. The van der Waals surface area contributed by atoms with E-state index in [9.17, 15) is 9.50 Å². The molecule has 154 valence electrons. The van der Waals surface area contributed by atoms with E-state index in [0.29, 0.717) is 13.0 Å². The number of para-hydroxylation sites is 1. The molecule has 0 bridgehead atoms.